The van der Waals surface area contributed by atoms with Gasteiger partial charge in [0, 0.05) is 35.3 Å². The van der Waals surface area contributed by atoms with Crippen LogP contribution in [0.25, 0.3) is 0 Å². The van der Waals surface area contributed by atoms with Crippen molar-refractivity contribution in [2.45, 2.75) is 103 Å². The summed E-state index contributed by atoms with van der Waals surface area (Å²) in [5.41, 5.74) is 2.31. The lowest BCUT2D eigenvalue weighted by Gasteiger charge is -2.46. The molecule has 1 aliphatic rings. The van der Waals surface area contributed by atoms with Crippen molar-refractivity contribution < 1.29 is 23.7 Å². The van der Waals surface area contributed by atoms with Crippen LogP contribution in [0.15, 0.2) is 60.7 Å². The highest BCUT2D eigenvalue weighted by molar-refractivity contribution is 6.76. The zero-order valence-electron chi connectivity index (χ0n) is 25.4. The molecule has 39 heavy (non-hydrogen) atoms. The van der Waals surface area contributed by atoms with E-state index in [4.69, 9.17) is 23.7 Å². The van der Waals surface area contributed by atoms with Crippen molar-refractivity contribution in [3.8, 4) is 0 Å². The first-order valence-corrected chi connectivity index (χ1v) is 22.1. The van der Waals surface area contributed by atoms with Crippen molar-refractivity contribution in [3.05, 3.63) is 71.8 Å². The molecule has 0 bridgehead atoms. The van der Waals surface area contributed by atoms with Crippen molar-refractivity contribution in [1.82, 2.24) is 0 Å². The topological polar surface area (TPSA) is 46.2 Å². The second kappa shape index (κ2) is 15.6. The minimum absolute atomic E-state index is 0.111. The van der Waals surface area contributed by atoms with Crippen LogP contribution in [0.4, 0.5) is 0 Å². The molecule has 0 aliphatic carbocycles. The van der Waals surface area contributed by atoms with Gasteiger partial charge in [-0.25, -0.2) is 0 Å². The number of rotatable bonds is 16. The third kappa shape index (κ3) is 11.6. The first-order chi connectivity index (χ1) is 18.6. The van der Waals surface area contributed by atoms with E-state index in [1.807, 2.05) is 24.3 Å². The maximum atomic E-state index is 6.70. The Morgan fingerprint density at radius 3 is 1.74 bits per heavy atom. The summed E-state index contributed by atoms with van der Waals surface area (Å²) in [5, 5.41) is 0. The van der Waals surface area contributed by atoms with Gasteiger partial charge < -0.3 is 23.7 Å². The quantitative estimate of drug-likeness (QED) is 0.194. The average molecular weight is 573 g/mol. The first-order valence-electron chi connectivity index (χ1n) is 14.7. The van der Waals surface area contributed by atoms with E-state index in [-0.39, 0.29) is 24.2 Å². The Kier molecular flexibility index (Phi) is 12.9. The van der Waals surface area contributed by atoms with Crippen LogP contribution in [0.1, 0.15) is 24.5 Å². The van der Waals surface area contributed by atoms with Crippen molar-refractivity contribution in [1.29, 1.82) is 0 Å². The number of hydrogen-bond donors (Lipinski definition) is 0. The number of benzene rings is 2. The molecule has 3 rings (SSSR count). The van der Waals surface area contributed by atoms with Crippen LogP contribution in [0.2, 0.25) is 51.4 Å². The molecule has 0 spiro atoms. The molecule has 0 aromatic heterocycles. The summed E-state index contributed by atoms with van der Waals surface area (Å²) in [5.74, 6) is 0.145. The van der Waals surface area contributed by atoms with E-state index < -0.39 is 22.4 Å². The highest BCUT2D eigenvalue weighted by Crippen LogP contribution is 2.35. The van der Waals surface area contributed by atoms with Crippen LogP contribution in [0.3, 0.4) is 0 Å². The maximum absolute atomic E-state index is 6.70. The van der Waals surface area contributed by atoms with E-state index in [2.05, 4.69) is 82.6 Å². The monoisotopic (exact) mass is 572 g/mol. The molecule has 0 N–H and O–H groups in total. The Hall–Kier alpha value is -1.33. The Labute approximate surface area is 239 Å². The van der Waals surface area contributed by atoms with Crippen LogP contribution in [0.5, 0.6) is 0 Å². The zero-order valence-corrected chi connectivity index (χ0v) is 27.4. The van der Waals surface area contributed by atoms with Crippen LogP contribution < -0.4 is 0 Å². The smallest absolute Gasteiger partial charge is 0.184 e. The number of ether oxygens (including phenoxy) is 5. The predicted octanol–water partition coefficient (Wildman–Crippen LogP) is 7.62. The van der Waals surface area contributed by atoms with Gasteiger partial charge in [0.25, 0.3) is 0 Å². The van der Waals surface area contributed by atoms with Gasteiger partial charge in [0.15, 0.2) is 6.29 Å². The summed E-state index contributed by atoms with van der Waals surface area (Å²) < 4.78 is 32.7. The summed E-state index contributed by atoms with van der Waals surface area (Å²) in [6, 6.07) is 22.8. The number of hydrogen-bond acceptors (Lipinski definition) is 5. The fourth-order valence-electron chi connectivity index (χ4n) is 4.77. The van der Waals surface area contributed by atoms with Gasteiger partial charge in [-0.3, -0.25) is 0 Å². The van der Waals surface area contributed by atoms with E-state index in [1.54, 1.807) is 0 Å². The Morgan fingerprint density at radius 2 is 1.21 bits per heavy atom. The van der Waals surface area contributed by atoms with Gasteiger partial charge in [-0.05, 0) is 29.6 Å². The Balaban J connectivity index is 1.78. The summed E-state index contributed by atoms with van der Waals surface area (Å²) in [6.45, 7) is 19.5. The third-order valence-corrected chi connectivity index (χ3v) is 10.6. The molecule has 5 nitrogen and oxygen atoms in total. The zero-order chi connectivity index (χ0) is 28.3. The average Bonchev–Trinajstić information content (AvgIpc) is 2.88. The predicted molar refractivity (Wildman–Crippen MR) is 166 cm³/mol. The molecule has 1 heterocycles. The van der Waals surface area contributed by atoms with Gasteiger partial charge >= 0.3 is 0 Å². The second-order valence-electron chi connectivity index (χ2n) is 13.2. The van der Waals surface area contributed by atoms with Crippen LogP contribution >= 0.6 is 0 Å². The summed E-state index contributed by atoms with van der Waals surface area (Å²) >= 11 is 0. The molecule has 1 fully saturated rings. The minimum Gasteiger partial charge on any atom is -0.375 e. The molecule has 0 unspecified atom stereocenters. The lowest BCUT2D eigenvalue weighted by Crippen LogP contribution is -2.58. The highest BCUT2D eigenvalue weighted by atomic mass is 28.3. The molecule has 0 radical (unpaired) electrons. The van der Waals surface area contributed by atoms with E-state index in [1.165, 1.54) is 0 Å². The fourth-order valence-corrected chi connectivity index (χ4v) is 6.23. The lowest BCUT2D eigenvalue weighted by molar-refractivity contribution is -0.308. The third-order valence-electron chi connectivity index (χ3n) is 7.23. The van der Waals surface area contributed by atoms with Gasteiger partial charge in [-0.1, -0.05) is 107 Å². The van der Waals surface area contributed by atoms with E-state index in [9.17, 15) is 0 Å². The molecule has 0 saturated carbocycles. The fraction of sp³-hybridized carbons (Fsp3) is 0.625. The second-order valence-corrected chi connectivity index (χ2v) is 24.4. The van der Waals surface area contributed by atoms with E-state index in [0.29, 0.717) is 26.4 Å². The Bertz CT molecular complexity index is 929. The van der Waals surface area contributed by atoms with Crippen molar-refractivity contribution >= 4 is 16.1 Å². The molecule has 7 heteroatoms. The van der Waals surface area contributed by atoms with Gasteiger partial charge in [0.1, 0.15) is 12.2 Å². The maximum Gasteiger partial charge on any atom is 0.184 e. The lowest BCUT2D eigenvalue weighted by atomic mass is 9.86. The molecule has 2 aromatic carbocycles. The molecule has 1 aliphatic heterocycles. The van der Waals surface area contributed by atoms with Crippen LogP contribution in [-0.4, -0.2) is 60.6 Å². The van der Waals surface area contributed by atoms with Crippen molar-refractivity contribution in [3.63, 3.8) is 0 Å². The molecule has 5 atom stereocenters. The van der Waals surface area contributed by atoms with E-state index in [0.717, 1.165) is 36.2 Å². The highest BCUT2D eigenvalue weighted by Gasteiger charge is 2.47. The Morgan fingerprint density at radius 1 is 0.667 bits per heavy atom. The van der Waals surface area contributed by atoms with Crippen molar-refractivity contribution in [2.75, 3.05) is 19.8 Å². The van der Waals surface area contributed by atoms with Crippen LogP contribution in [-0.2, 0) is 36.9 Å². The van der Waals surface area contributed by atoms with E-state index >= 15 is 0 Å². The van der Waals surface area contributed by atoms with Crippen molar-refractivity contribution in [2.24, 2.45) is 5.92 Å². The summed E-state index contributed by atoms with van der Waals surface area (Å²) in [4.78, 5) is 0. The largest absolute Gasteiger partial charge is 0.375 e. The van der Waals surface area contributed by atoms with Gasteiger partial charge in [-0.15, -0.1) is 0 Å². The molecular formula is C32H52O5Si2. The molecule has 0 amide bonds. The van der Waals surface area contributed by atoms with Gasteiger partial charge in [0.2, 0.25) is 0 Å². The van der Waals surface area contributed by atoms with Gasteiger partial charge in [0.05, 0.1) is 25.9 Å². The molecule has 1 saturated heterocycles. The minimum atomic E-state index is -1.25. The van der Waals surface area contributed by atoms with Crippen LogP contribution in [0, 0.1) is 5.92 Å². The van der Waals surface area contributed by atoms with Gasteiger partial charge in [-0.2, -0.15) is 0 Å². The summed E-state index contributed by atoms with van der Waals surface area (Å²) in [6.07, 6.45) is -0.0616. The molecule has 2 aromatic rings. The molecular weight excluding hydrogens is 521 g/mol. The summed E-state index contributed by atoms with van der Waals surface area (Å²) in [7, 11) is -2.49. The first kappa shape index (κ1) is 32.2. The standard InChI is InChI=1S/C32H52O5Si2/c1-8-28-30(34-19-21-38(2,3)4)29(25-33-23-26-15-11-9-12-16-26)37-32(35-20-22-39(5,6)7)31(28)36-24-27-17-13-10-14-18-27/h9-18,28-32H,8,19-25H2,1-7H3/t28-,29-,30-,31-,32+/m1/s1. The SMILES string of the molecule is CC[C@@H]1[C@@H](OCC[Si](C)(C)C)[C@@H](COCc2ccccc2)O[C@H](OCC[Si](C)(C)C)[C@@H]1OCc1ccccc1. The molecule has 218 valence electrons. The normalized spacial score (nSPS) is 24.1.